The molecule has 4 aromatic rings. The normalized spacial score (nSPS) is 12.3. The van der Waals surface area contributed by atoms with Crippen LogP contribution in [-0.2, 0) is 33.8 Å². The third-order valence-electron chi connectivity index (χ3n) is 6.14. The van der Waals surface area contributed by atoms with Gasteiger partial charge in [0, 0.05) is 14.5 Å². The summed E-state index contributed by atoms with van der Waals surface area (Å²) >= 11 is 3.98. The molecule has 40 heavy (non-hydrogen) atoms. The van der Waals surface area contributed by atoms with Crippen molar-refractivity contribution in [2.75, 3.05) is 13.7 Å². The first-order chi connectivity index (χ1) is 19.0. The molecule has 9 heteroatoms. The number of rotatable bonds is 12. The molecule has 0 saturated carbocycles. The Kier molecular flexibility index (Phi) is 15.4. The Morgan fingerprint density at radius 1 is 0.850 bits per heavy atom. The van der Waals surface area contributed by atoms with Crippen molar-refractivity contribution in [3.63, 3.8) is 0 Å². The standard InChI is InChI=1S/C30H30IN2O3S.CH3.ClH.Ru/c1-36-27-18-14-23(15-19-27)9-8-22-32-29(24-10-4-2-5-11-24)30(25-12-6-3-7-13-25)33-37(34,35)28-20-16-26(31)17-21-28;;;/h2-7,10-21,29-30,32H,8-9,22H2,1H3;1H3;1H;/q2*-1;;+4/p-1/t29-,30-;;;/m1.../s1. The molecule has 0 unspecified atom stereocenters. The van der Waals surface area contributed by atoms with E-state index in [1.165, 1.54) is 5.56 Å². The van der Waals surface area contributed by atoms with Crippen molar-refractivity contribution in [3.05, 3.63) is 142 Å². The van der Waals surface area contributed by atoms with Crippen LogP contribution < -0.4 is 10.1 Å². The number of methoxy groups -OCH3 is 1. The Balaban J connectivity index is 0.00000183. The summed E-state index contributed by atoms with van der Waals surface area (Å²) < 4.78 is 37.6. The molecule has 1 N–H and O–H groups in total. The van der Waals surface area contributed by atoms with Gasteiger partial charge in [0.1, 0.15) is 15.8 Å². The number of nitrogens with zero attached hydrogens (tertiary/aromatic N) is 1. The first-order valence-electron chi connectivity index (χ1n) is 12.3. The number of aryl methyl sites for hydroxylation is 1. The predicted octanol–water partition coefficient (Wildman–Crippen LogP) is 8.20. The summed E-state index contributed by atoms with van der Waals surface area (Å²) in [5, 5.41) is 3.63. The zero-order valence-electron chi connectivity index (χ0n) is 22.4. The first kappa shape index (κ1) is 34.4. The molecule has 0 saturated heterocycles. The molecular formula is C31H33ClIN2O3RuS+. The second-order valence-corrected chi connectivity index (χ2v) is 11.6. The minimum atomic E-state index is -3.89. The van der Waals surface area contributed by atoms with Gasteiger partial charge in [-0.25, -0.2) is 8.42 Å². The van der Waals surface area contributed by atoms with Crippen LogP contribution >= 0.6 is 32.3 Å². The summed E-state index contributed by atoms with van der Waals surface area (Å²) in [7, 11) is 2.34. The van der Waals surface area contributed by atoms with Crippen LogP contribution in [0.4, 0.5) is 0 Å². The van der Waals surface area contributed by atoms with Gasteiger partial charge in [-0.15, -0.1) is 0 Å². The number of benzene rings is 4. The number of ether oxygens (including phenoxy) is 1. The molecule has 0 spiro atoms. The van der Waals surface area contributed by atoms with Crippen molar-refractivity contribution in [2.45, 2.75) is 29.8 Å². The van der Waals surface area contributed by atoms with Gasteiger partial charge in [0.25, 0.3) is 0 Å². The molecular weight excluding hydrogens is 744 g/mol. The second kappa shape index (κ2) is 17.9. The van der Waals surface area contributed by atoms with Crippen LogP contribution in [0.2, 0.25) is 0 Å². The Morgan fingerprint density at radius 2 is 1.40 bits per heavy atom. The number of hydrogen-bond donors (Lipinski definition) is 1. The van der Waals surface area contributed by atoms with Gasteiger partial charge < -0.3 is 22.2 Å². The topological polar surface area (TPSA) is 69.5 Å². The van der Waals surface area contributed by atoms with Crippen molar-refractivity contribution < 1.29 is 30.5 Å². The Bertz CT molecular complexity index is 1360. The molecule has 0 bridgehead atoms. The van der Waals surface area contributed by atoms with E-state index in [2.05, 4.69) is 54.5 Å². The third-order valence-corrected chi connectivity index (χ3v) is 8.24. The molecule has 0 radical (unpaired) electrons. The van der Waals surface area contributed by atoms with Crippen molar-refractivity contribution >= 4 is 42.3 Å². The Morgan fingerprint density at radius 3 is 1.95 bits per heavy atom. The van der Waals surface area contributed by atoms with E-state index in [9.17, 15) is 8.42 Å². The Hall–Kier alpha value is -1.81. The van der Waals surface area contributed by atoms with E-state index >= 15 is 0 Å². The molecule has 0 heterocycles. The summed E-state index contributed by atoms with van der Waals surface area (Å²) in [6, 6.07) is 33.5. The van der Waals surface area contributed by atoms with Crippen LogP contribution in [0, 0.1) is 11.0 Å². The summed E-state index contributed by atoms with van der Waals surface area (Å²) in [6.45, 7) is 0.702. The molecule has 0 aromatic heterocycles. The molecule has 0 aliphatic heterocycles. The van der Waals surface area contributed by atoms with Crippen LogP contribution in [0.1, 0.15) is 35.2 Å². The quantitative estimate of drug-likeness (QED) is 0.0682. The second-order valence-electron chi connectivity index (χ2n) is 8.68. The average Bonchev–Trinajstić information content (AvgIpc) is 2.99. The van der Waals surface area contributed by atoms with E-state index in [4.69, 9.17) is 4.74 Å². The molecule has 212 valence electrons. The van der Waals surface area contributed by atoms with Gasteiger partial charge in [-0.05, 0) is 89.5 Å². The van der Waals surface area contributed by atoms with Gasteiger partial charge >= 0.3 is 27.0 Å². The van der Waals surface area contributed by atoms with Gasteiger partial charge in [-0.1, -0.05) is 84.4 Å². The summed E-state index contributed by atoms with van der Waals surface area (Å²) in [5.74, 6) is 0.840. The fourth-order valence-electron chi connectivity index (χ4n) is 4.20. The van der Waals surface area contributed by atoms with Gasteiger partial charge in [0.2, 0.25) is 0 Å². The van der Waals surface area contributed by atoms with Crippen LogP contribution in [0.5, 0.6) is 5.75 Å². The molecule has 4 rings (SSSR count). The monoisotopic (exact) mass is 777 g/mol. The average molecular weight is 777 g/mol. The van der Waals surface area contributed by atoms with E-state index in [0.717, 1.165) is 33.3 Å². The third kappa shape index (κ3) is 10.2. The van der Waals surface area contributed by atoms with E-state index in [1.807, 2.05) is 90.1 Å². The van der Waals surface area contributed by atoms with E-state index in [-0.39, 0.29) is 18.4 Å². The summed E-state index contributed by atoms with van der Waals surface area (Å²) in [4.78, 5) is 0.195. The van der Waals surface area contributed by atoms with Crippen molar-refractivity contribution in [1.82, 2.24) is 5.32 Å². The van der Waals surface area contributed by atoms with Crippen LogP contribution in [0.15, 0.2) is 114 Å². The van der Waals surface area contributed by atoms with Gasteiger partial charge in [0.15, 0.2) is 0 Å². The van der Waals surface area contributed by atoms with Crippen molar-refractivity contribution in [1.29, 1.82) is 0 Å². The molecule has 5 nitrogen and oxygen atoms in total. The molecule has 0 amide bonds. The van der Waals surface area contributed by atoms with E-state index in [1.54, 1.807) is 31.4 Å². The SMILES string of the molecule is COc1ccc(CCCN[C@H](c2ccccc2)[C@H]([N-]S(=O)(=O)c2ccc(I)cc2)c2ccccc2)cc1.[CH3-].[Cl][Ru+3]. The molecule has 4 aromatic carbocycles. The number of sulfonamides is 1. The van der Waals surface area contributed by atoms with Crippen LogP contribution in [0.25, 0.3) is 4.72 Å². The number of halogens is 2. The van der Waals surface area contributed by atoms with Crippen LogP contribution in [0.3, 0.4) is 0 Å². The molecule has 0 aliphatic carbocycles. The zero-order valence-corrected chi connectivity index (χ0v) is 27.8. The maximum atomic E-state index is 13.4. The summed E-state index contributed by atoms with van der Waals surface area (Å²) in [5.41, 5.74) is 3.06. The minimum absolute atomic E-state index is 0. The number of nitrogens with one attached hydrogen (secondary N) is 1. The zero-order chi connectivity index (χ0) is 28.1. The molecule has 0 fully saturated rings. The van der Waals surface area contributed by atoms with Crippen molar-refractivity contribution in [3.8, 4) is 5.75 Å². The molecule has 2 atom stereocenters. The predicted molar refractivity (Wildman–Crippen MR) is 170 cm³/mol. The van der Waals surface area contributed by atoms with Gasteiger partial charge in [0.05, 0.1) is 7.11 Å². The molecule has 0 aliphatic rings. The number of hydrogen-bond acceptors (Lipinski definition) is 4. The Labute approximate surface area is 267 Å². The summed E-state index contributed by atoms with van der Waals surface area (Å²) in [6.07, 6.45) is 1.79. The fraction of sp³-hybridized carbons (Fsp3) is 0.194. The van der Waals surface area contributed by atoms with Crippen molar-refractivity contribution in [2.24, 2.45) is 0 Å². The van der Waals surface area contributed by atoms with Crippen LogP contribution in [-0.4, -0.2) is 22.1 Å². The first-order valence-corrected chi connectivity index (χ1v) is 17.0. The maximum absolute atomic E-state index is 13.4. The van der Waals surface area contributed by atoms with Gasteiger partial charge in [-0.2, -0.15) is 0 Å². The van der Waals surface area contributed by atoms with Gasteiger partial charge in [-0.3, -0.25) is 0 Å². The van der Waals surface area contributed by atoms with E-state index < -0.39 is 16.1 Å². The fourth-order valence-corrected chi connectivity index (χ4v) is 5.70. The van der Waals surface area contributed by atoms with E-state index in [0.29, 0.717) is 6.54 Å².